The molecule has 0 saturated carbocycles. The molecule has 0 spiro atoms. The number of methoxy groups -OCH3 is 1. The molecule has 0 bridgehead atoms. The average Bonchev–Trinajstić information content (AvgIpc) is 3.39. The van der Waals surface area contributed by atoms with Crippen LogP contribution in [0.15, 0.2) is 48.1 Å². The molecule has 0 radical (unpaired) electrons. The summed E-state index contributed by atoms with van der Waals surface area (Å²) in [6.07, 6.45) is 2.62. The van der Waals surface area contributed by atoms with Crippen molar-refractivity contribution in [2.45, 2.75) is 6.61 Å². The van der Waals surface area contributed by atoms with Gasteiger partial charge in [-0.05, 0) is 17.5 Å². The molecule has 0 atom stereocenters. The highest BCUT2D eigenvalue weighted by Crippen LogP contribution is 2.34. The highest BCUT2D eigenvalue weighted by Gasteiger charge is 2.21. The molecule has 0 aliphatic heterocycles. The molecule has 14 heteroatoms. The number of halogens is 3. The predicted molar refractivity (Wildman–Crippen MR) is 128 cm³/mol. The zero-order valence-corrected chi connectivity index (χ0v) is 20.0. The van der Waals surface area contributed by atoms with Gasteiger partial charge in [-0.3, -0.25) is 4.98 Å². The molecule has 2 aromatic heterocycles. The number of nitrogens with zero attached hydrogens (tertiary/aromatic N) is 1. The van der Waals surface area contributed by atoms with E-state index in [4.69, 9.17) is 14.6 Å². The van der Waals surface area contributed by atoms with Gasteiger partial charge in [0.15, 0.2) is 17.3 Å². The van der Waals surface area contributed by atoms with Crippen molar-refractivity contribution in [1.29, 1.82) is 0 Å². The Labute approximate surface area is 215 Å². The maximum atomic E-state index is 14.6. The van der Waals surface area contributed by atoms with Crippen molar-refractivity contribution < 1.29 is 47.0 Å². The third kappa shape index (κ3) is 5.44. The molecule has 196 valence electrons. The van der Waals surface area contributed by atoms with Crippen LogP contribution in [-0.4, -0.2) is 35.2 Å². The second-order valence-corrected chi connectivity index (χ2v) is 8.34. The van der Waals surface area contributed by atoms with Gasteiger partial charge < -0.3 is 24.7 Å². The second kappa shape index (κ2) is 11.0. The molecular formula is C24H16F3N3O7S. The minimum absolute atomic E-state index is 0.0191. The number of pyridine rings is 1. The Morgan fingerprint density at radius 2 is 1.82 bits per heavy atom. The largest absolute Gasteiger partial charge is 0.493 e. The number of anilines is 1. The summed E-state index contributed by atoms with van der Waals surface area (Å²) in [7, 11) is 1.23. The molecule has 0 aliphatic rings. The minimum atomic E-state index is -1.36. The number of carboxylic acid groups (broad SMARTS) is 1. The number of benzene rings is 2. The third-order valence-corrected chi connectivity index (χ3v) is 6.03. The topological polar surface area (TPSA) is 136 Å². The number of carbonyl (C=O) groups excluding carboxylic acids is 2. The number of carbonyl (C=O) groups is 3. The zero-order chi connectivity index (χ0) is 27.4. The first-order chi connectivity index (χ1) is 18.2. The molecule has 2 amide bonds. The fourth-order valence-electron chi connectivity index (χ4n) is 3.37. The summed E-state index contributed by atoms with van der Waals surface area (Å²) < 4.78 is 53.9. The summed E-state index contributed by atoms with van der Waals surface area (Å²) in [4.78, 5) is 43.6. The van der Waals surface area contributed by atoms with Crippen molar-refractivity contribution >= 4 is 45.8 Å². The Morgan fingerprint density at radius 3 is 2.55 bits per heavy atom. The van der Waals surface area contributed by atoms with Gasteiger partial charge in [0.25, 0.3) is 0 Å². The van der Waals surface area contributed by atoms with Crippen LogP contribution < -0.4 is 20.3 Å². The van der Waals surface area contributed by atoms with Gasteiger partial charge in [-0.1, -0.05) is 0 Å². The zero-order valence-electron chi connectivity index (χ0n) is 19.2. The number of fused-ring (bicyclic) bond motifs is 1. The SMILES string of the molecule is COc1cc(F)c(NC(=O)NOC(=O)c2sccc2C(=O)O)cc1OCc1c(F)cc(F)c2ccncc12. The van der Waals surface area contributed by atoms with Crippen LogP contribution in [0.3, 0.4) is 0 Å². The number of hydrogen-bond donors (Lipinski definition) is 3. The van der Waals surface area contributed by atoms with E-state index in [0.29, 0.717) is 6.07 Å². The summed E-state index contributed by atoms with van der Waals surface area (Å²) in [6, 6.07) is 4.03. The Bertz CT molecular complexity index is 1560. The van der Waals surface area contributed by atoms with Crippen molar-refractivity contribution in [2.75, 3.05) is 12.4 Å². The number of carboxylic acids is 1. The number of nitrogens with one attached hydrogen (secondary N) is 2. The van der Waals surface area contributed by atoms with Gasteiger partial charge in [-0.2, -0.15) is 5.48 Å². The van der Waals surface area contributed by atoms with E-state index < -0.39 is 47.7 Å². The van der Waals surface area contributed by atoms with Gasteiger partial charge in [0.05, 0.1) is 18.4 Å². The molecule has 4 rings (SSSR count). The first-order valence-corrected chi connectivity index (χ1v) is 11.4. The van der Waals surface area contributed by atoms with Crippen LogP contribution in [0.2, 0.25) is 0 Å². The third-order valence-electron chi connectivity index (χ3n) is 5.14. The van der Waals surface area contributed by atoms with E-state index in [-0.39, 0.29) is 38.3 Å². The summed E-state index contributed by atoms with van der Waals surface area (Å²) in [5.74, 6) is -5.32. The van der Waals surface area contributed by atoms with Crippen LogP contribution in [0.4, 0.5) is 23.7 Å². The second-order valence-electron chi connectivity index (χ2n) is 7.43. The normalized spacial score (nSPS) is 10.6. The summed E-state index contributed by atoms with van der Waals surface area (Å²) in [6.45, 7) is -0.424. The smallest absolute Gasteiger partial charge is 0.373 e. The van der Waals surface area contributed by atoms with Crippen LogP contribution in [-0.2, 0) is 11.4 Å². The Morgan fingerprint density at radius 1 is 1.03 bits per heavy atom. The van der Waals surface area contributed by atoms with Crippen molar-refractivity contribution in [2.24, 2.45) is 0 Å². The summed E-state index contributed by atoms with van der Waals surface area (Å²) >= 11 is 0.787. The lowest BCUT2D eigenvalue weighted by atomic mass is 10.1. The van der Waals surface area contributed by atoms with E-state index in [1.54, 1.807) is 5.48 Å². The van der Waals surface area contributed by atoms with E-state index in [2.05, 4.69) is 15.1 Å². The standard InChI is InChI=1S/C24H16F3N3O7S/c1-35-19-7-17(27)18(29-24(34)30-37-23(33)21-12(22(31)32)3-5-38-21)8-20(19)36-10-14-13-9-28-4-2-11(13)15(25)6-16(14)26/h2-9H,10H2,1H3,(H,31,32)(H2,29,30,34). The van der Waals surface area contributed by atoms with Crippen LogP contribution in [0.5, 0.6) is 11.5 Å². The molecule has 0 unspecified atom stereocenters. The van der Waals surface area contributed by atoms with Crippen molar-refractivity contribution in [3.8, 4) is 11.5 Å². The predicted octanol–water partition coefficient (Wildman–Crippen LogP) is 4.89. The van der Waals surface area contributed by atoms with E-state index in [9.17, 15) is 27.6 Å². The van der Waals surface area contributed by atoms with Gasteiger partial charge >= 0.3 is 18.0 Å². The molecular weight excluding hydrogens is 531 g/mol. The number of thiophene rings is 1. The van der Waals surface area contributed by atoms with Crippen LogP contribution in [0.25, 0.3) is 10.8 Å². The highest BCUT2D eigenvalue weighted by atomic mass is 32.1. The van der Waals surface area contributed by atoms with Crippen LogP contribution in [0, 0.1) is 17.5 Å². The molecule has 38 heavy (non-hydrogen) atoms. The number of aromatic carboxylic acids is 1. The van der Waals surface area contributed by atoms with E-state index in [1.807, 2.05) is 0 Å². The summed E-state index contributed by atoms with van der Waals surface area (Å²) in [5.41, 5.74) is 0.974. The number of amides is 2. The average molecular weight is 547 g/mol. The number of urea groups is 1. The lowest BCUT2D eigenvalue weighted by Crippen LogP contribution is -2.31. The number of hydrogen-bond acceptors (Lipinski definition) is 8. The van der Waals surface area contributed by atoms with Crippen LogP contribution in [0.1, 0.15) is 25.6 Å². The van der Waals surface area contributed by atoms with Crippen molar-refractivity contribution in [3.05, 3.63) is 81.6 Å². The fourth-order valence-corrected chi connectivity index (χ4v) is 4.13. The molecule has 4 aromatic rings. The quantitative estimate of drug-likeness (QED) is 0.278. The molecule has 0 saturated heterocycles. The number of hydroxylamine groups is 1. The number of rotatable bonds is 7. The molecule has 10 nitrogen and oxygen atoms in total. The Kier molecular flexibility index (Phi) is 7.62. The fraction of sp³-hybridized carbons (Fsp3) is 0.0833. The first-order valence-electron chi connectivity index (χ1n) is 10.5. The van der Waals surface area contributed by atoms with Gasteiger partial charge in [-0.25, -0.2) is 27.6 Å². The van der Waals surface area contributed by atoms with E-state index in [0.717, 1.165) is 23.5 Å². The first kappa shape index (κ1) is 26.2. The van der Waals surface area contributed by atoms with Gasteiger partial charge in [0, 0.05) is 46.9 Å². The maximum Gasteiger partial charge on any atom is 0.373 e. The Balaban J connectivity index is 1.49. The van der Waals surface area contributed by atoms with Crippen molar-refractivity contribution in [1.82, 2.24) is 10.5 Å². The lowest BCUT2D eigenvalue weighted by molar-refractivity contribution is 0.0340. The van der Waals surface area contributed by atoms with Gasteiger partial charge in [-0.15, -0.1) is 11.3 Å². The molecule has 0 aliphatic carbocycles. The molecule has 2 heterocycles. The Hall–Kier alpha value is -4.85. The van der Waals surface area contributed by atoms with Gasteiger partial charge in [0.1, 0.15) is 23.1 Å². The molecule has 0 fully saturated rings. The highest BCUT2D eigenvalue weighted by molar-refractivity contribution is 7.12. The monoisotopic (exact) mass is 547 g/mol. The molecule has 2 aromatic carbocycles. The van der Waals surface area contributed by atoms with Crippen molar-refractivity contribution in [3.63, 3.8) is 0 Å². The number of ether oxygens (including phenoxy) is 2. The maximum absolute atomic E-state index is 14.6. The van der Waals surface area contributed by atoms with Crippen LogP contribution >= 0.6 is 11.3 Å². The minimum Gasteiger partial charge on any atom is -0.493 e. The van der Waals surface area contributed by atoms with Gasteiger partial charge in [0.2, 0.25) is 0 Å². The molecule has 3 N–H and O–H groups in total. The van der Waals surface area contributed by atoms with E-state index in [1.165, 1.54) is 37.0 Å². The summed E-state index contributed by atoms with van der Waals surface area (Å²) in [5, 5.41) is 12.8. The number of aromatic nitrogens is 1. The lowest BCUT2D eigenvalue weighted by Gasteiger charge is -2.15. The van der Waals surface area contributed by atoms with E-state index >= 15 is 0 Å².